The van der Waals surface area contributed by atoms with E-state index in [-0.39, 0.29) is 11.9 Å². The van der Waals surface area contributed by atoms with E-state index in [2.05, 4.69) is 27.4 Å². The molecule has 6 nitrogen and oxygen atoms in total. The average molecular weight is 328 g/mol. The Morgan fingerprint density at radius 3 is 3.00 bits per heavy atom. The van der Waals surface area contributed by atoms with Gasteiger partial charge >= 0.3 is 0 Å². The van der Waals surface area contributed by atoms with Crippen molar-refractivity contribution in [1.82, 2.24) is 14.7 Å². The van der Waals surface area contributed by atoms with Gasteiger partial charge in [0.25, 0.3) is 0 Å². The van der Waals surface area contributed by atoms with Crippen molar-refractivity contribution in [2.24, 2.45) is 7.05 Å². The van der Waals surface area contributed by atoms with Gasteiger partial charge < -0.3 is 10.1 Å². The number of carbonyl (C=O) groups excluding carboxylic acids is 1. The second kappa shape index (κ2) is 7.05. The quantitative estimate of drug-likeness (QED) is 0.916. The molecule has 0 saturated carbocycles. The Labute approximate surface area is 142 Å². The molecular formula is C18H24N4O2. The second-order valence-corrected chi connectivity index (χ2v) is 6.26. The number of nitrogens with one attached hydrogen (secondary N) is 1. The summed E-state index contributed by atoms with van der Waals surface area (Å²) in [7, 11) is 3.52. The van der Waals surface area contributed by atoms with Gasteiger partial charge in [-0.2, -0.15) is 5.10 Å². The Bertz CT molecular complexity index is 726. The number of likely N-dealkylation sites (tertiary alicyclic amines) is 1. The van der Waals surface area contributed by atoms with Crippen LogP contribution >= 0.6 is 0 Å². The number of hydrogen-bond acceptors (Lipinski definition) is 4. The lowest BCUT2D eigenvalue weighted by Gasteiger charge is -2.24. The van der Waals surface area contributed by atoms with Gasteiger partial charge in [0.05, 0.1) is 25.0 Å². The van der Waals surface area contributed by atoms with Crippen LogP contribution in [0.3, 0.4) is 0 Å². The molecular weight excluding hydrogens is 304 g/mol. The molecule has 1 aromatic heterocycles. The molecule has 0 aliphatic carbocycles. The molecule has 24 heavy (non-hydrogen) atoms. The molecule has 0 bridgehead atoms. The van der Waals surface area contributed by atoms with Crippen LogP contribution in [-0.4, -0.2) is 40.8 Å². The van der Waals surface area contributed by atoms with Gasteiger partial charge in [-0.1, -0.05) is 12.1 Å². The molecule has 0 spiro atoms. The fourth-order valence-electron chi connectivity index (χ4n) is 3.34. The number of methoxy groups -OCH3 is 1. The molecule has 1 N–H and O–H groups in total. The number of amides is 1. The lowest BCUT2D eigenvalue weighted by atomic mass is 10.0. The number of carbonyl (C=O) groups is 1. The van der Waals surface area contributed by atoms with Gasteiger partial charge in [0.2, 0.25) is 5.91 Å². The van der Waals surface area contributed by atoms with E-state index in [9.17, 15) is 4.79 Å². The lowest BCUT2D eigenvalue weighted by molar-refractivity contribution is -0.117. The molecule has 128 valence electrons. The monoisotopic (exact) mass is 328 g/mol. The Hall–Kier alpha value is -2.34. The van der Waals surface area contributed by atoms with E-state index in [1.807, 2.05) is 32.3 Å². The van der Waals surface area contributed by atoms with E-state index in [1.165, 1.54) is 5.56 Å². The van der Waals surface area contributed by atoms with Crippen LogP contribution in [0.5, 0.6) is 5.75 Å². The van der Waals surface area contributed by atoms with E-state index in [0.717, 1.165) is 36.5 Å². The number of nitrogens with zero attached hydrogens (tertiary/aromatic N) is 3. The summed E-state index contributed by atoms with van der Waals surface area (Å²) in [5.74, 6) is 0.857. The fraction of sp³-hybridized carbons (Fsp3) is 0.444. The van der Waals surface area contributed by atoms with Crippen LogP contribution in [0.2, 0.25) is 0 Å². The maximum atomic E-state index is 12.4. The second-order valence-electron chi connectivity index (χ2n) is 6.26. The summed E-state index contributed by atoms with van der Waals surface area (Å²) in [5, 5.41) is 7.22. The minimum atomic E-state index is 0.000830. The Morgan fingerprint density at radius 2 is 2.29 bits per heavy atom. The predicted molar refractivity (Wildman–Crippen MR) is 93.1 cm³/mol. The third-order valence-corrected chi connectivity index (χ3v) is 4.48. The fourth-order valence-corrected chi connectivity index (χ4v) is 3.34. The van der Waals surface area contributed by atoms with E-state index >= 15 is 0 Å². The first-order chi connectivity index (χ1) is 11.6. The van der Waals surface area contributed by atoms with Crippen LogP contribution in [0, 0.1) is 6.92 Å². The first kappa shape index (κ1) is 16.5. The minimum Gasteiger partial charge on any atom is -0.497 e. The molecule has 1 aliphatic heterocycles. The first-order valence-corrected chi connectivity index (χ1v) is 8.25. The van der Waals surface area contributed by atoms with E-state index in [4.69, 9.17) is 4.74 Å². The smallest absolute Gasteiger partial charge is 0.238 e. The zero-order valence-corrected chi connectivity index (χ0v) is 14.5. The van der Waals surface area contributed by atoms with Gasteiger partial charge in [-0.05, 0) is 44.0 Å². The van der Waals surface area contributed by atoms with Crippen LogP contribution in [0.15, 0.2) is 30.5 Å². The number of anilines is 1. The number of aryl methyl sites for hydroxylation is 2. The lowest BCUT2D eigenvalue weighted by Crippen LogP contribution is -2.33. The van der Waals surface area contributed by atoms with Crippen molar-refractivity contribution < 1.29 is 9.53 Å². The molecule has 1 fully saturated rings. The van der Waals surface area contributed by atoms with E-state index in [0.29, 0.717) is 6.54 Å². The number of hydrogen-bond donors (Lipinski definition) is 1. The minimum absolute atomic E-state index is 0.000830. The van der Waals surface area contributed by atoms with Gasteiger partial charge in [-0.25, -0.2) is 0 Å². The summed E-state index contributed by atoms with van der Waals surface area (Å²) >= 11 is 0. The highest BCUT2D eigenvalue weighted by Crippen LogP contribution is 2.33. The summed E-state index contributed by atoms with van der Waals surface area (Å²) in [6, 6.07) is 8.38. The van der Waals surface area contributed by atoms with Crippen molar-refractivity contribution >= 4 is 11.6 Å². The SMILES string of the molecule is COc1cccc([C@@H]2CCCN2CC(=O)Nc2cn(C)nc2C)c1. The number of benzene rings is 1. The van der Waals surface area contributed by atoms with Crippen LogP contribution in [-0.2, 0) is 11.8 Å². The molecule has 1 aromatic carbocycles. The highest BCUT2D eigenvalue weighted by atomic mass is 16.5. The van der Waals surface area contributed by atoms with Gasteiger partial charge in [0.1, 0.15) is 5.75 Å². The van der Waals surface area contributed by atoms with Crippen molar-refractivity contribution in [3.05, 3.63) is 41.7 Å². The molecule has 0 radical (unpaired) electrons. The normalized spacial score (nSPS) is 17.9. The highest BCUT2D eigenvalue weighted by molar-refractivity contribution is 5.92. The molecule has 1 atom stereocenters. The van der Waals surface area contributed by atoms with Gasteiger partial charge in [0, 0.05) is 19.3 Å². The summed E-state index contributed by atoms with van der Waals surface area (Å²) in [6.45, 7) is 3.21. The zero-order valence-electron chi connectivity index (χ0n) is 14.5. The molecule has 6 heteroatoms. The molecule has 3 rings (SSSR count). The largest absolute Gasteiger partial charge is 0.497 e. The third-order valence-electron chi connectivity index (χ3n) is 4.48. The van der Waals surface area contributed by atoms with Crippen molar-refractivity contribution in [1.29, 1.82) is 0 Å². The standard InChI is InChI=1S/C18H24N4O2/c1-13-16(11-21(2)20-13)19-18(23)12-22-9-5-8-17(22)14-6-4-7-15(10-14)24-3/h4,6-7,10-11,17H,5,8-9,12H2,1-3H3,(H,19,23)/t17-/m0/s1. The Morgan fingerprint density at radius 1 is 1.46 bits per heavy atom. The average Bonchev–Trinajstić information content (AvgIpc) is 3.14. The van der Waals surface area contributed by atoms with Crippen LogP contribution in [0.1, 0.15) is 30.1 Å². The number of aromatic nitrogens is 2. The maximum Gasteiger partial charge on any atom is 0.238 e. The van der Waals surface area contributed by atoms with Crippen LogP contribution in [0.4, 0.5) is 5.69 Å². The van der Waals surface area contributed by atoms with Crippen LogP contribution in [0.25, 0.3) is 0 Å². The van der Waals surface area contributed by atoms with Gasteiger partial charge in [-0.15, -0.1) is 0 Å². The molecule has 2 aromatic rings. The Kier molecular flexibility index (Phi) is 4.85. The van der Waals surface area contributed by atoms with Gasteiger partial charge in [0.15, 0.2) is 0 Å². The van der Waals surface area contributed by atoms with Crippen molar-refractivity contribution in [3.63, 3.8) is 0 Å². The summed E-state index contributed by atoms with van der Waals surface area (Å²) in [4.78, 5) is 14.6. The van der Waals surface area contributed by atoms with Crippen molar-refractivity contribution in [2.45, 2.75) is 25.8 Å². The first-order valence-electron chi connectivity index (χ1n) is 8.25. The van der Waals surface area contributed by atoms with Crippen LogP contribution < -0.4 is 10.1 Å². The summed E-state index contributed by atoms with van der Waals surface area (Å²) < 4.78 is 7.03. The van der Waals surface area contributed by atoms with Crippen molar-refractivity contribution in [3.8, 4) is 5.75 Å². The topological polar surface area (TPSA) is 59.4 Å². The molecule has 1 saturated heterocycles. The molecule has 2 heterocycles. The van der Waals surface area contributed by atoms with E-state index in [1.54, 1.807) is 11.8 Å². The highest BCUT2D eigenvalue weighted by Gasteiger charge is 2.28. The predicted octanol–water partition coefficient (Wildman–Crippen LogP) is 2.51. The number of ether oxygens (including phenoxy) is 1. The summed E-state index contributed by atoms with van der Waals surface area (Å²) in [5.41, 5.74) is 2.81. The summed E-state index contributed by atoms with van der Waals surface area (Å²) in [6.07, 6.45) is 3.99. The maximum absolute atomic E-state index is 12.4. The number of rotatable bonds is 5. The Balaban J connectivity index is 1.67. The van der Waals surface area contributed by atoms with E-state index < -0.39 is 0 Å². The van der Waals surface area contributed by atoms with Crippen molar-refractivity contribution in [2.75, 3.05) is 25.5 Å². The third kappa shape index (κ3) is 3.59. The zero-order chi connectivity index (χ0) is 17.1. The molecule has 1 amide bonds. The molecule has 1 aliphatic rings. The molecule has 0 unspecified atom stereocenters. The van der Waals surface area contributed by atoms with Gasteiger partial charge in [-0.3, -0.25) is 14.4 Å².